The number of amides is 1. The molecule has 4 nitrogen and oxygen atoms in total. The molecule has 17 heavy (non-hydrogen) atoms. The van der Waals surface area contributed by atoms with Crippen LogP contribution in [0.2, 0.25) is 0 Å². The highest BCUT2D eigenvalue weighted by Crippen LogP contribution is 2.18. The summed E-state index contributed by atoms with van der Waals surface area (Å²) in [5.41, 5.74) is 5.76. The molecule has 2 aliphatic rings. The summed E-state index contributed by atoms with van der Waals surface area (Å²) in [5.74, 6) is 0.192. The van der Waals surface area contributed by atoms with Gasteiger partial charge in [0.1, 0.15) is 0 Å². The average Bonchev–Trinajstić information content (AvgIpc) is 2.82. The molecule has 1 amide bonds. The third-order valence-corrected chi connectivity index (χ3v) is 4.09. The lowest BCUT2D eigenvalue weighted by Gasteiger charge is -2.34. The van der Waals surface area contributed by atoms with E-state index in [9.17, 15) is 4.79 Å². The predicted molar refractivity (Wildman–Crippen MR) is 68.7 cm³/mol. The Morgan fingerprint density at radius 3 is 2.59 bits per heavy atom. The highest BCUT2D eigenvalue weighted by molar-refractivity contribution is 5.78. The van der Waals surface area contributed by atoms with Crippen molar-refractivity contribution in [2.75, 3.05) is 19.6 Å². The summed E-state index contributed by atoms with van der Waals surface area (Å²) in [7, 11) is 0. The van der Waals surface area contributed by atoms with Crippen LogP contribution in [0.4, 0.5) is 0 Å². The highest BCUT2D eigenvalue weighted by atomic mass is 16.2. The largest absolute Gasteiger partial charge is 0.352 e. The first-order valence-corrected chi connectivity index (χ1v) is 7.03. The zero-order valence-corrected chi connectivity index (χ0v) is 10.7. The van der Waals surface area contributed by atoms with E-state index in [4.69, 9.17) is 5.73 Å². The average molecular weight is 239 g/mol. The monoisotopic (exact) mass is 239 g/mol. The number of likely N-dealkylation sites (tertiary alicyclic amines) is 1. The molecule has 0 aromatic carbocycles. The Morgan fingerprint density at radius 2 is 1.88 bits per heavy atom. The lowest BCUT2D eigenvalue weighted by molar-refractivity contribution is -0.123. The van der Waals surface area contributed by atoms with E-state index < -0.39 is 0 Å². The molecule has 0 aromatic rings. The second-order valence-electron chi connectivity index (χ2n) is 5.40. The number of hydrogen-bond acceptors (Lipinski definition) is 3. The predicted octanol–water partition coefficient (Wildman–Crippen LogP) is 0.858. The summed E-state index contributed by atoms with van der Waals surface area (Å²) in [5, 5.41) is 3.15. The number of nitrogens with zero attached hydrogens (tertiary/aromatic N) is 1. The minimum absolute atomic E-state index is 0.192. The van der Waals surface area contributed by atoms with Crippen LogP contribution in [0.1, 0.15) is 44.9 Å². The number of rotatable bonds is 4. The number of nitrogens with two attached hydrogens (primary N) is 1. The Bertz CT molecular complexity index is 251. The standard InChI is InChI=1S/C13H25N3O/c14-9-12-7-3-4-8-16(12)10-13(17)15-11-5-1-2-6-11/h11-12H,1-10,14H2,(H,15,17). The summed E-state index contributed by atoms with van der Waals surface area (Å²) in [6.07, 6.45) is 8.45. The molecule has 98 valence electrons. The van der Waals surface area contributed by atoms with Crippen molar-refractivity contribution in [3.05, 3.63) is 0 Å². The van der Waals surface area contributed by atoms with E-state index in [1.807, 2.05) is 0 Å². The van der Waals surface area contributed by atoms with Gasteiger partial charge in [-0.15, -0.1) is 0 Å². The van der Waals surface area contributed by atoms with Gasteiger partial charge >= 0.3 is 0 Å². The van der Waals surface area contributed by atoms with E-state index in [-0.39, 0.29) is 5.91 Å². The maximum Gasteiger partial charge on any atom is 0.234 e. The van der Waals surface area contributed by atoms with E-state index in [2.05, 4.69) is 10.2 Å². The van der Waals surface area contributed by atoms with Crippen LogP contribution >= 0.6 is 0 Å². The second kappa shape index (κ2) is 6.36. The van der Waals surface area contributed by atoms with Crippen molar-refractivity contribution in [1.82, 2.24) is 10.2 Å². The number of carbonyl (C=O) groups excluding carboxylic acids is 1. The SMILES string of the molecule is NCC1CCCCN1CC(=O)NC1CCCC1. The summed E-state index contributed by atoms with van der Waals surface area (Å²) >= 11 is 0. The van der Waals surface area contributed by atoms with Gasteiger partial charge in [-0.25, -0.2) is 0 Å². The van der Waals surface area contributed by atoms with Crippen molar-refractivity contribution in [2.45, 2.75) is 57.0 Å². The van der Waals surface area contributed by atoms with Crippen LogP contribution in [0, 0.1) is 0 Å². The molecular weight excluding hydrogens is 214 g/mol. The highest BCUT2D eigenvalue weighted by Gasteiger charge is 2.24. The molecule has 2 fully saturated rings. The van der Waals surface area contributed by atoms with Gasteiger partial charge in [-0.05, 0) is 32.2 Å². The molecule has 1 heterocycles. The molecule has 0 bridgehead atoms. The fourth-order valence-corrected chi connectivity index (χ4v) is 3.06. The Morgan fingerprint density at radius 1 is 1.18 bits per heavy atom. The maximum atomic E-state index is 11.9. The molecule has 2 rings (SSSR count). The van der Waals surface area contributed by atoms with E-state index >= 15 is 0 Å². The van der Waals surface area contributed by atoms with E-state index in [0.29, 0.717) is 25.2 Å². The lowest BCUT2D eigenvalue weighted by atomic mass is 10.0. The molecule has 1 saturated carbocycles. The summed E-state index contributed by atoms with van der Waals surface area (Å²) in [6.45, 7) is 2.25. The maximum absolute atomic E-state index is 11.9. The lowest BCUT2D eigenvalue weighted by Crippen LogP contribution is -2.49. The Kier molecular flexibility index (Phi) is 4.80. The number of nitrogens with one attached hydrogen (secondary N) is 1. The topological polar surface area (TPSA) is 58.4 Å². The molecule has 1 aliphatic carbocycles. The smallest absolute Gasteiger partial charge is 0.234 e. The van der Waals surface area contributed by atoms with Crippen LogP contribution in [0.5, 0.6) is 0 Å². The molecule has 0 radical (unpaired) electrons. The third-order valence-electron chi connectivity index (χ3n) is 4.09. The molecule has 1 atom stereocenters. The van der Waals surface area contributed by atoms with E-state index in [0.717, 1.165) is 25.8 Å². The quantitative estimate of drug-likeness (QED) is 0.765. The van der Waals surface area contributed by atoms with Gasteiger partial charge in [-0.3, -0.25) is 9.69 Å². The second-order valence-corrected chi connectivity index (χ2v) is 5.40. The summed E-state index contributed by atoms with van der Waals surface area (Å²) in [4.78, 5) is 14.2. The van der Waals surface area contributed by atoms with Gasteiger partial charge in [-0.1, -0.05) is 19.3 Å². The Labute approximate surface area is 104 Å². The van der Waals surface area contributed by atoms with Gasteiger partial charge in [0.15, 0.2) is 0 Å². The van der Waals surface area contributed by atoms with Crippen LogP contribution in [-0.4, -0.2) is 42.5 Å². The molecule has 0 spiro atoms. The van der Waals surface area contributed by atoms with Crippen LogP contribution in [0.3, 0.4) is 0 Å². The minimum Gasteiger partial charge on any atom is -0.352 e. The zero-order valence-electron chi connectivity index (χ0n) is 10.7. The van der Waals surface area contributed by atoms with Crippen molar-refractivity contribution in [2.24, 2.45) is 5.73 Å². The Hall–Kier alpha value is -0.610. The van der Waals surface area contributed by atoms with Crippen molar-refractivity contribution in [1.29, 1.82) is 0 Å². The van der Waals surface area contributed by atoms with Crippen molar-refractivity contribution in [3.8, 4) is 0 Å². The molecule has 3 N–H and O–H groups in total. The van der Waals surface area contributed by atoms with Gasteiger partial charge in [0.25, 0.3) is 0 Å². The zero-order chi connectivity index (χ0) is 12.1. The summed E-state index contributed by atoms with van der Waals surface area (Å²) in [6, 6.07) is 0.849. The molecular formula is C13H25N3O. The van der Waals surface area contributed by atoms with Gasteiger partial charge in [0.2, 0.25) is 5.91 Å². The molecule has 1 saturated heterocycles. The van der Waals surface area contributed by atoms with E-state index in [1.165, 1.54) is 25.7 Å². The summed E-state index contributed by atoms with van der Waals surface area (Å²) < 4.78 is 0. The number of carbonyl (C=O) groups is 1. The van der Waals surface area contributed by atoms with Gasteiger partial charge in [0, 0.05) is 18.6 Å². The van der Waals surface area contributed by atoms with Crippen molar-refractivity contribution in [3.63, 3.8) is 0 Å². The number of piperidine rings is 1. The van der Waals surface area contributed by atoms with Crippen LogP contribution in [0.25, 0.3) is 0 Å². The number of hydrogen-bond donors (Lipinski definition) is 2. The molecule has 1 aliphatic heterocycles. The minimum atomic E-state index is 0.192. The van der Waals surface area contributed by atoms with Gasteiger partial charge in [-0.2, -0.15) is 0 Å². The normalized spacial score (nSPS) is 27.2. The first-order valence-electron chi connectivity index (χ1n) is 7.03. The first kappa shape index (κ1) is 12.8. The van der Waals surface area contributed by atoms with Crippen LogP contribution in [0.15, 0.2) is 0 Å². The molecule has 0 aromatic heterocycles. The molecule has 4 heteroatoms. The molecule has 1 unspecified atom stereocenters. The van der Waals surface area contributed by atoms with Crippen molar-refractivity contribution < 1.29 is 4.79 Å². The van der Waals surface area contributed by atoms with Gasteiger partial charge in [0.05, 0.1) is 6.54 Å². The fourth-order valence-electron chi connectivity index (χ4n) is 3.06. The van der Waals surface area contributed by atoms with Crippen LogP contribution < -0.4 is 11.1 Å². The third kappa shape index (κ3) is 3.68. The van der Waals surface area contributed by atoms with Crippen LogP contribution in [-0.2, 0) is 4.79 Å². The van der Waals surface area contributed by atoms with E-state index in [1.54, 1.807) is 0 Å². The fraction of sp³-hybridized carbons (Fsp3) is 0.923. The Balaban J connectivity index is 1.75. The first-order chi connectivity index (χ1) is 8.29. The van der Waals surface area contributed by atoms with Crippen molar-refractivity contribution >= 4 is 5.91 Å². The van der Waals surface area contributed by atoms with Gasteiger partial charge < -0.3 is 11.1 Å².